The van der Waals surface area contributed by atoms with E-state index < -0.39 is 0 Å². The van der Waals surface area contributed by atoms with E-state index in [1.54, 1.807) is 0 Å². The fraction of sp³-hybridized carbons (Fsp3) is 0.500. The molecule has 1 nitrogen and oxygen atoms in total. The molecule has 0 saturated carbocycles. The molecule has 0 spiro atoms. The Morgan fingerprint density at radius 2 is 1.86 bits per heavy atom. The summed E-state index contributed by atoms with van der Waals surface area (Å²) in [5.74, 6) is 0.800. The van der Waals surface area contributed by atoms with Gasteiger partial charge in [0.15, 0.2) is 0 Å². The number of aliphatic hydroxyl groups excluding tert-OH is 1. The van der Waals surface area contributed by atoms with Crippen LogP contribution in [0.25, 0.3) is 0 Å². The van der Waals surface area contributed by atoms with Gasteiger partial charge in [0, 0.05) is 10.4 Å². The monoisotopic (exact) mass is 256 g/mol. The Balaban J connectivity index is 2.84. The van der Waals surface area contributed by atoms with Gasteiger partial charge in [0.1, 0.15) is 0 Å². The molecule has 0 aromatic heterocycles. The van der Waals surface area contributed by atoms with Crippen molar-refractivity contribution in [1.29, 1.82) is 0 Å². The van der Waals surface area contributed by atoms with Crippen LogP contribution in [0.3, 0.4) is 0 Å². The zero-order valence-corrected chi connectivity index (χ0v) is 10.3. The summed E-state index contributed by atoms with van der Waals surface area (Å²) in [6.45, 7) is 4.58. The van der Waals surface area contributed by atoms with Gasteiger partial charge in [-0.2, -0.15) is 0 Å². The van der Waals surface area contributed by atoms with Crippen LogP contribution < -0.4 is 0 Å². The molecule has 2 heteroatoms. The first-order chi connectivity index (χ1) is 6.69. The minimum Gasteiger partial charge on any atom is -0.396 e. The molecule has 0 saturated heterocycles. The molecular weight excluding hydrogens is 240 g/mol. The molecule has 1 N–H and O–H groups in total. The summed E-state index contributed by atoms with van der Waals surface area (Å²) in [6.07, 6.45) is 1.10. The van der Waals surface area contributed by atoms with Gasteiger partial charge >= 0.3 is 0 Å². The molecule has 0 heterocycles. The Kier molecular flexibility index (Phi) is 4.63. The van der Waals surface area contributed by atoms with Crippen LogP contribution in [0.15, 0.2) is 28.7 Å². The molecule has 78 valence electrons. The highest BCUT2D eigenvalue weighted by molar-refractivity contribution is 9.10. The first kappa shape index (κ1) is 11.7. The number of benzene rings is 1. The van der Waals surface area contributed by atoms with Gasteiger partial charge in [-0.3, -0.25) is 0 Å². The maximum absolute atomic E-state index is 9.34. The molecule has 0 aliphatic rings. The Labute approximate surface area is 94.3 Å². The van der Waals surface area contributed by atoms with E-state index in [2.05, 4.69) is 41.9 Å². The third-order valence-corrected chi connectivity index (χ3v) is 3.35. The number of halogens is 1. The van der Waals surface area contributed by atoms with Crippen molar-refractivity contribution in [3.05, 3.63) is 34.3 Å². The van der Waals surface area contributed by atoms with Crippen molar-refractivity contribution in [2.24, 2.45) is 5.92 Å². The first-order valence-corrected chi connectivity index (χ1v) is 5.84. The van der Waals surface area contributed by atoms with E-state index in [4.69, 9.17) is 0 Å². The summed E-state index contributed by atoms with van der Waals surface area (Å²) in [5.41, 5.74) is 1.23. The number of rotatable bonds is 4. The highest BCUT2D eigenvalue weighted by Gasteiger charge is 2.16. The van der Waals surface area contributed by atoms with Crippen LogP contribution in [-0.2, 0) is 0 Å². The van der Waals surface area contributed by atoms with Crippen LogP contribution in [0.1, 0.15) is 31.7 Å². The van der Waals surface area contributed by atoms with Crippen LogP contribution in [0.4, 0.5) is 0 Å². The Morgan fingerprint density at radius 1 is 1.29 bits per heavy atom. The lowest BCUT2D eigenvalue weighted by Gasteiger charge is -2.21. The molecule has 1 rings (SSSR count). The zero-order chi connectivity index (χ0) is 10.6. The second-order valence-corrected chi connectivity index (χ2v) is 4.64. The normalized spacial score (nSPS) is 15.1. The van der Waals surface area contributed by atoms with Gasteiger partial charge in [0.25, 0.3) is 0 Å². The lowest BCUT2D eigenvalue weighted by molar-refractivity contribution is 0.229. The fourth-order valence-corrected chi connectivity index (χ4v) is 1.87. The van der Waals surface area contributed by atoms with Crippen molar-refractivity contribution in [2.45, 2.75) is 26.2 Å². The van der Waals surface area contributed by atoms with Gasteiger partial charge in [-0.15, -0.1) is 0 Å². The zero-order valence-electron chi connectivity index (χ0n) is 8.70. The lowest BCUT2D eigenvalue weighted by Crippen LogP contribution is -2.13. The molecule has 0 bridgehead atoms. The van der Waals surface area contributed by atoms with Crippen molar-refractivity contribution in [2.75, 3.05) is 6.61 Å². The van der Waals surface area contributed by atoms with E-state index in [9.17, 15) is 5.11 Å². The number of aliphatic hydroxyl groups is 1. The smallest absolute Gasteiger partial charge is 0.0502 e. The third kappa shape index (κ3) is 2.82. The summed E-state index contributed by atoms with van der Waals surface area (Å²) in [5, 5.41) is 9.34. The summed E-state index contributed by atoms with van der Waals surface area (Å²) in [4.78, 5) is 0. The third-order valence-electron chi connectivity index (χ3n) is 2.83. The van der Waals surface area contributed by atoms with E-state index in [0.717, 1.165) is 10.9 Å². The van der Waals surface area contributed by atoms with Crippen molar-refractivity contribution < 1.29 is 5.11 Å². The van der Waals surface area contributed by atoms with Gasteiger partial charge in [-0.25, -0.2) is 0 Å². The molecule has 0 amide bonds. The van der Waals surface area contributed by atoms with Crippen molar-refractivity contribution in [1.82, 2.24) is 0 Å². The summed E-state index contributed by atoms with van der Waals surface area (Å²) in [6, 6.07) is 8.22. The summed E-state index contributed by atoms with van der Waals surface area (Å²) in [7, 11) is 0. The fourth-order valence-electron chi connectivity index (χ4n) is 1.61. The Bertz CT molecular complexity index is 268. The predicted octanol–water partition coefficient (Wildman–Crippen LogP) is 3.57. The van der Waals surface area contributed by atoms with Crippen LogP contribution in [0, 0.1) is 5.92 Å². The quantitative estimate of drug-likeness (QED) is 0.874. The number of hydrogen-bond acceptors (Lipinski definition) is 1. The van der Waals surface area contributed by atoms with Gasteiger partial charge in [-0.1, -0.05) is 48.3 Å². The highest BCUT2D eigenvalue weighted by Crippen LogP contribution is 2.27. The van der Waals surface area contributed by atoms with E-state index >= 15 is 0 Å². The summed E-state index contributed by atoms with van der Waals surface area (Å²) < 4.78 is 1.09. The second-order valence-electron chi connectivity index (χ2n) is 3.73. The highest BCUT2D eigenvalue weighted by atomic mass is 79.9. The van der Waals surface area contributed by atoms with Gasteiger partial charge in [0.05, 0.1) is 6.61 Å². The molecule has 14 heavy (non-hydrogen) atoms. The van der Waals surface area contributed by atoms with Crippen LogP contribution in [-0.4, -0.2) is 11.7 Å². The molecule has 2 unspecified atom stereocenters. The maximum Gasteiger partial charge on any atom is 0.0502 e. The van der Waals surface area contributed by atoms with Gasteiger partial charge < -0.3 is 5.11 Å². The molecule has 0 fully saturated rings. The largest absolute Gasteiger partial charge is 0.396 e. The van der Waals surface area contributed by atoms with E-state index in [1.165, 1.54) is 5.56 Å². The Morgan fingerprint density at radius 3 is 2.29 bits per heavy atom. The van der Waals surface area contributed by atoms with E-state index in [0.29, 0.717) is 5.92 Å². The molecule has 2 atom stereocenters. The minimum atomic E-state index is 0.233. The second kappa shape index (κ2) is 5.52. The topological polar surface area (TPSA) is 20.2 Å². The van der Waals surface area contributed by atoms with Crippen LogP contribution in [0.2, 0.25) is 0 Å². The molecule has 0 aliphatic carbocycles. The van der Waals surface area contributed by atoms with Crippen molar-refractivity contribution in [3.8, 4) is 0 Å². The molecule has 0 aliphatic heterocycles. The van der Waals surface area contributed by atoms with E-state index in [-0.39, 0.29) is 12.5 Å². The Hall–Kier alpha value is -0.340. The molecule has 0 radical (unpaired) electrons. The maximum atomic E-state index is 9.34. The summed E-state index contributed by atoms with van der Waals surface area (Å²) >= 11 is 3.41. The van der Waals surface area contributed by atoms with Gasteiger partial charge in [0.2, 0.25) is 0 Å². The average molecular weight is 257 g/mol. The minimum absolute atomic E-state index is 0.233. The van der Waals surface area contributed by atoms with Crippen molar-refractivity contribution >= 4 is 15.9 Å². The van der Waals surface area contributed by atoms with Crippen LogP contribution >= 0.6 is 15.9 Å². The molecular formula is C12H17BrO. The SMILES string of the molecule is CCC(C)C(CO)c1ccc(Br)cc1. The predicted molar refractivity (Wildman–Crippen MR) is 63.4 cm³/mol. The first-order valence-electron chi connectivity index (χ1n) is 5.05. The average Bonchev–Trinajstić information content (AvgIpc) is 2.21. The van der Waals surface area contributed by atoms with Gasteiger partial charge in [-0.05, 0) is 23.6 Å². The van der Waals surface area contributed by atoms with E-state index in [1.807, 2.05) is 12.1 Å². The van der Waals surface area contributed by atoms with Crippen LogP contribution in [0.5, 0.6) is 0 Å². The lowest BCUT2D eigenvalue weighted by atomic mass is 9.86. The molecule has 1 aromatic carbocycles. The standard InChI is InChI=1S/C12H17BrO/c1-3-9(2)12(8-14)10-4-6-11(13)7-5-10/h4-7,9,12,14H,3,8H2,1-2H3. The number of hydrogen-bond donors (Lipinski definition) is 1. The van der Waals surface area contributed by atoms with Crippen molar-refractivity contribution in [3.63, 3.8) is 0 Å². The molecule has 1 aromatic rings.